The van der Waals surface area contributed by atoms with Gasteiger partial charge >= 0.3 is 0 Å². The number of aliphatic imine (C=N–C) groups is 1. The zero-order valence-corrected chi connectivity index (χ0v) is 18.5. The van der Waals surface area contributed by atoms with Crippen molar-refractivity contribution in [3.63, 3.8) is 0 Å². The first-order chi connectivity index (χ1) is 12.6. The van der Waals surface area contributed by atoms with Crippen LogP contribution in [0.3, 0.4) is 0 Å². The van der Waals surface area contributed by atoms with E-state index in [9.17, 15) is 8.78 Å². The molecular formula is C19H31F2IN4O. The smallest absolute Gasteiger partial charge is 0.191 e. The molecule has 1 aliphatic heterocycles. The van der Waals surface area contributed by atoms with Crippen molar-refractivity contribution in [1.82, 2.24) is 15.5 Å². The van der Waals surface area contributed by atoms with E-state index in [0.717, 1.165) is 57.8 Å². The Bertz CT molecular complexity index is 581. The van der Waals surface area contributed by atoms with Crippen LogP contribution < -0.4 is 10.6 Å². The van der Waals surface area contributed by atoms with E-state index in [1.165, 1.54) is 6.07 Å². The van der Waals surface area contributed by atoms with Crippen LogP contribution in [0.5, 0.6) is 0 Å². The summed E-state index contributed by atoms with van der Waals surface area (Å²) in [6, 6.07) is 3.45. The Hall–Kier alpha value is -1.00. The lowest BCUT2D eigenvalue weighted by Gasteiger charge is -2.32. The van der Waals surface area contributed by atoms with Gasteiger partial charge in [0.2, 0.25) is 0 Å². The van der Waals surface area contributed by atoms with Gasteiger partial charge in [-0.05, 0) is 57.0 Å². The zero-order valence-electron chi connectivity index (χ0n) is 16.1. The van der Waals surface area contributed by atoms with Crippen molar-refractivity contribution in [1.29, 1.82) is 0 Å². The van der Waals surface area contributed by atoms with Crippen molar-refractivity contribution >= 4 is 29.9 Å². The second kappa shape index (κ2) is 13.2. The fourth-order valence-electron chi connectivity index (χ4n) is 3.05. The second-order valence-electron chi connectivity index (χ2n) is 6.59. The molecule has 1 heterocycles. The molecule has 2 rings (SSSR count). The number of nitrogens with one attached hydrogen (secondary N) is 2. The molecule has 0 bridgehead atoms. The second-order valence-corrected chi connectivity index (χ2v) is 6.59. The number of piperidine rings is 1. The number of likely N-dealkylation sites (tertiary alicyclic amines) is 1. The van der Waals surface area contributed by atoms with Gasteiger partial charge in [0.1, 0.15) is 11.6 Å². The quantitative estimate of drug-likeness (QED) is 0.330. The Morgan fingerprint density at radius 1 is 1.26 bits per heavy atom. The van der Waals surface area contributed by atoms with Crippen LogP contribution in [0.1, 0.15) is 25.3 Å². The molecule has 0 spiro atoms. The van der Waals surface area contributed by atoms with E-state index in [0.29, 0.717) is 18.4 Å². The first-order valence-electron chi connectivity index (χ1n) is 9.29. The van der Waals surface area contributed by atoms with Crippen LogP contribution in [-0.2, 0) is 11.3 Å². The van der Waals surface area contributed by atoms with Crippen molar-refractivity contribution in [3.05, 3.63) is 35.4 Å². The average Bonchev–Trinajstić information content (AvgIpc) is 2.65. The summed E-state index contributed by atoms with van der Waals surface area (Å²) in [5, 5.41) is 6.49. The Morgan fingerprint density at radius 3 is 2.67 bits per heavy atom. The van der Waals surface area contributed by atoms with Gasteiger partial charge in [0, 0.05) is 32.3 Å². The molecular weight excluding hydrogens is 465 g/mol. The van der Waals surface area contributed by atoms with Crippen LogP contribution >= 0.6 is 24.0 Å². The van der Waals surface area contributed by atoms with E-state index in [1.807, 2.05) is 6.92 Å². The molecule has 1 aromatic carbocycles. The maximum absolute atomic E-state index is 13.7. The lowest BCUT2D eigenvalue weighted by molar-refractivity contribution is 0.121. The summed E-state index contributed by atoms with van der Waals surface area (Å²) >= 11 is 0. The first kappa shape index (κ1) is 24.0. The molecule has 0 radical (unpaired) electrons. The fraction of sp³-hybridized carbons (Fsp3) is 0.632. The van der Waals surface area contributed by atoms with Crippen LogP contribution in [0, 0.1) is 17.6 Å². The van der Waals surface area contributed by atoms with Gasteiger partial charge in [0.25, 0.3) is 0 Å². The van der Waals surface area contributed by atoms with Crippen molar-refractivity contribution in [2.75, 3.05) is 46.4 Å². The third kappa shape index (κ3) is 8.69. The molecule has 2 N–H and O–H groups in total. The van der Waals surface area contributed by atoms with Gasteiger partial charge in [0.15, 0.2) is 5.96 Å². The van der Waals surface area contributed by atoms with Gasteiger partial charge in [0.05, 0.1) is 13.2 Å². The van der Waals surface area contributed by atoms with Gasteiger partial charge in [-0.2, -0.15) is 0 Å². The number of hydrogen-bond acceptors (Lipinski definition) is 3. The van der Waals surface area contributed by atoms with Crippen LogP contribution in [-0.4, -0.2) is 57.3 Å². The summed E-state index contributed by atoms with van der Waals surface area (Å²) in [5.41, 5.74) is 0.258. The molecule has 154 valence electrons. The number of benzene rings is 1. The molecule has 0 amide bonds. The van der Waals surface area contributed by atoms with Crippen molar-refractivity contribution in [2.24, 2.45) is 10.9 Å². The maximum Gasteiger partial charge on any atom is 0.191 e. The minimum atomic E-state index is -0.449. The van der Waals surface area contributed by atoms with Gasteiger partial charge in [-0.25, -0.2) is 13.8 Å². The molecule has 8 heteroatoms. The number of ether oxygens (including phenoxy) is 1. The highest BCUT2D eigenvalue weighted by Crippen LogP contribution is 2.16. The third-order valence-corrected chi connectivity index (χ3v) is 4.64. The summed E-state index contributed by atoms with van der Waals surface area (Å²) in [5.74, 6) is 0.339. The normalized spacial score (nSPS) is 16.1. The lowest BCUT2D eigenvalue weighted by atomic mass is 9.97. The molecule has 5 nitrogen and oxygen atoms in total. The SMILES string of the molecule is CCNC(=NCc1cc(F)ccc1F)NCC1CCN(CCOC)CC1.I. The van der Waals surface area contributed by atoms with E-state index in [2.05, 4.69) is 20.5 Å². The van der Waals surface area contributed by atoms with Crippen molar-refractivity contribution in [3.8, 4) is 0 Å². The maximum atomic E-state index is 13.7. The van der Waals surface area contributed by atoms with E-state index >= 15 is 0 Å². The van der Waals surface area contributed by atoms with E-state index < -0.39 is 11.6 Å². The topological polar surface area (TPSA) is 48.9 Å². The summed E-state index contributed by atoms with van der Waals surface area (Å²) in [6.07, 6.45) is 2.27. The Balaban J connectivity index is 0.00000364. The molecule has 27 heavy (non-hydrogen) atoms. The average molecular weight is 496 g/mol. The highest BCUT2D eigenvalue weighted by atomic mass is 127. The number of halogens is 3. The molecule has 1 aromatic rings. The fourth-order valence-corrected chi connectivity index (χ4v) is 3.05. The largest absolute Gasteiger partial charge is 0.383 e. The number of rotatable bonds is 8. The number of guanidine groups is 1. The molecule has 0 unspecified atom stereocenters. The first-order valence-corrected chi connectivity index (χ1v) is 9.29. The minimum absolute atomic E-state index is 0. The Labute approximate surface area is 178 Å². The molecule has 0 saturated carbocycles. The van der Waals surface area contributed by atoms with E-state index in [1.54, 1.807) is 7.11 Å². The molecule has 1 aliphatic rings. The van der Waals surface area contributed by atoms with Crippen LogP contribution in [0.2, 0.25) is 0 Å². The zero-order chi connectivity index (χ0) is 18.8. The molecule has 1 saturated heterocycles. The Morgan fingerprint density at radius 2 is 2.00 bits per heavy atom. The lowest BCUT2D eigenvalue weighted by Crippen LogP contribution is -2.43. The van der Waals surface area contributed by atoms with Gasteiger partial charge < -0.3 is 20.3 Å². The van der Waals surface area contributed by atoms with Crippen LogP contribution in [0.25, 0.3) is 0 Å². The molecule has 0 atom stereocenters. The summed E-state index contributed by atoms with van der Waals surface area (Å²) < 4.78 is 32.1. The predicted octanol–water partition coefficient (Wildman–Crippen LogP) is 3.00. The summed E-state index contributed by atoms with van der Waals surface area (Å²) in [6.45, 7) is 7.55. The van der Waals surface area contributed by atoms with Gasteiger partial charge in [-0.15, -0.1) is 24.0 Å². The minimum Gasteiger partial charge on any atom is -0.383 e. The van der Waals surface area contributed by atoms with Crippen LogP contribution in [0.4, 0.5) is 8.78 Å². The van der Waals surface area contributed by atoms with Crippen molar-refractivity contribution < 1.29 is 13.5 Å². The Kier molecular flexibility index (Phi) is 11.8. The monoisotopic (exact) mass is 496 g/mol. The number of nitrogens with zero attached hydrogens (tertiary/aromatic N) is 2. The summed E-state index contributed by atoms with van der Waals surface area (Å²) in [4.78, 5) is 6.81. The molecule has 0 aliphatic carbocycles. The highest BCUT2D eigenvalue weighted by molar-refractivity contribution is 14.0. The van der Waals surface area contributed by atoms with Crippen LogP contribution in [0.15, 0.2) is 23.2 Å². The standard InChI is InChI=1S/C19H30F2N4O.HI/c1-3-22-19(24-14-16-12-17(20)4-5-18(16)21)23-13-15-6-8-25(9-7-15)10-11-26-2;/h4-5,12,15H,3,6-11,13-14H2,1-2H3,(H2,22,23,24);1H. The van der Waals surface area contributed by atoms with E-state index in [-0.39, 0.29) is 36.1 Å². The number of methoxy groups -OCH3 is 1. The summed E-state index contributed by atoms with van der Waals surface area (Å²) in [7, 11) is 1.73. The number of hydrogen-bond donors (Lipinski definition) is 2. The third-order valence-electron chi connectivity index (χ3n) is 4.64. The van der Waals surface area contributed by atoms with Gasteiger partial charge in [-0.1, -0.05) is 0 Å². The highest BCUT2D eigenvalue weighted by Gasteiger charge is 2.19. The van der Waals surface area contributed by atoms with Gasteiger partial charge in [-0.3, -0.25) is 0 Å². The predicted molar refractivity (Wildman–Crippen MR) is 116 cm³/mol. The molecule has 1 fully saturated rings. The molecule has 0 aromatic heterocycles. The van der Waals surface area contributed by atoms with E-state index in [4.69, 9.17) is 4.74 Å². The van der Waals surface area contributed by atoms with Crippen molar-refractivity contribution in [2.45, 2.75) is 26.3 Å².